The number of hydrogen-bond donors (Lipinski definition) is 1. The van der Waals surface area contributed by atoms with Gasteiger partial charge in [0.1, 0.15) is 5.75 Å². The maximum absolute atomic E-state index is 11.7. The molecule has 1 aromatic carbocycles. The molecule has 1 aromatic rings. The molecule has 0 heterocycles. The zero-order chi connectivity index (χ0) is 14.4. The van der Waals surface area contributed by atoms with E-state index in [4.69, 9.17) is 21.2 Å². The molecule has 0 aliphatic heterocycles. The molecule has 19 heavy (non-hydrogen) atoms. The molecule has 0 fully saturated rings. The smallest absolute Gasteiger partial charge is 0.284 e. The predicted molar refractivity (Wildman–Crippen MR) is 78.2 cm³/mol. The van der Waals surface area contributed by atoms with E-state index in [2.05, 4.69) is 21.4 Å². The number of carbonyl (C=O) groups excluding carboxylic acids is 1. The van der Waals surface area contributed by atoms with Crippen LogP contribution >= 0.6 is 27.5 Å². The highest BCUT2D eigenvalue weighted by molar-refractivity contribution is 9.10. The Bertz CT molecular complexity index is 440. The lowest BCUT2D eigenvalue weighted by atomic mass is 10.2. The average molecular weight is 351 g/mol. The molecule has 0 saturated carbocycles. The molecule has 0 radical (unpaired) electrons. The summed E-state index contributed by atoms with van der Waals surface area (Å²) in [6.07, 6.45) is -0.662. The van der Waals surface area contributed by atoms with Crippen molar-refractivity contribution in [2.24, 2.45) is 5.92 Å². The van der Waals surface area contributed by atoms with E-state index in [1.807, 2.05) is 13.8 Å². The SMILES string of the molecule is CC(C)CONC(=O)C(C)Oc1ccc(Cl)cc1Br. The molecular formula is C13H17BrClNO3. The van der Waals surface area contributed by atoms with E-state index in [1.165, 1.54) is 0 Å². The molecule has 1 unspecified atom stereocenters. The van der Waals surface area contributed by atoms with Gasteiger partial charge >= 0.3 is 0 Å². The second-order valence-corrected chi connectivity index (χ2v) is 5.80. The molecule has 106 valence electrons. The second-order valence-electron chi connectivity index (χ2n) is 4.51. The second kappa shape index (κ2) is 7.72. The monoisotopic (exact) mass is 349 g/mol. The minimum absolute atomic E-state index is 0.331. The lowest BCUT2D eigenvalue weighted by molar-refractivity contribution is -0.140. The highest BCUT2D eigenvalue weighted by Crippen LogP contribution is 2.28. The van der Waals surface area contributed by atoms with E-state index in [9.17, 15) is 4.79 Å². The minimum atomic E-state index is -0.662. The first-order valence-electron chi connectivity index (χ1n) is 5.93. The van der Waals surface area contributed by atoms with Crippen molar-refractivity contribution in [3.05, 3.63) is 27.7 Å². The van der Waals surface area contributed by atoms with Crippen molar-refractivity contribution in [2.45, 2.75) is 26.9 Å². The van der Waals surface area contributed by atoms with Crippen molar-refractivity contribution in [3.8, 4) is 5.75 Å². The third-order valence-electron chi connectivity index (χ3n) is 2.16. The Morgan fingerprint density at radius 2 is 2.11 bits per heavy atom. The van der Waals surface area contributed by atoms with E-state index < -0.39 is 6.10 Å². The highest BCUT2D eigenvalue weighted by atomic mass is 79.9. The molecule has 0 bridgehead atoms. The first-order valence-corrected chi connectivity index (χ1v) is 7.10. The lowest BCUT2D eigenvalue weighted by Gasteiger charge is -2.16. The van der Waals surface area contributed by atoms with Gasteiger partial charge in [0.25, 0.3) is 5.91 Å². The van der Waals surface area contributed by atoms with Gasteiger partial charge in [-0.1, -0.05) is 25.4 Å². The Morgan fingerprint density at radius 1 is 1.42 bits per heavy atom. The van der Waals surface area contributed by atoms with Crippen LogP contribution in [0.5, 0.6) is 5.75 Å². The fraction of sp³-hybridized carbons (Fsp3) is 0.462. The fourth-order valence-electron chi connectivity index (χ4n) is 1.18. The van der Waals surface area contributed by atoms with Crippen molar-refractivity contribution in [2.75, 3.05) is 6.61 Å². The highest BCUT2D eigenvalue weighted by Gasteiger charge is 2.16. The number of amides is 1. The van der Waals surface area contributed by atoms with E-state index in [0.717, 1.165) is 0 Å². The van der Waals surface area contributed by atoms with Crippen molar-refractivity contribution in [3.63, 3.8) is 0 Å². The lowest BCUT2D eigenvalue weighted by Crippen LogP contribution is -2.37. The topological polar surface area (TPSA) is 47.6 Å². The summed E-state index contributed by atoms with van der Waals surface area (Å²) >= 11 is 9.15. The molecule has 0 aliphatic carbocycles. The van der Waals surface area contributed by atoms with E-state index in [0.29, 0.717) is 27.8 Å². The van der Waals surface area contributed by atoms with Gasteiger partial charge in [0.15, 0.2) is 6.10 Å². The van der Waals surface area contributed by atoms with Crippen molar-refractivity contribution in [1.82, 2.24) is 5.48 Å². The summed E-state index contributed by atoms with van der Waals surface area (Å²) in [6.45, 7) is 6.10. The van der Waals surface area contributed by atoms with Gasteiger partial charge in [-0.05, 0) is 47.0 Å². The van der Waals surface area contributed by atoms with Crippen LogP contribution in [-0.2, 0) is 9.63 Å². The zero-order valence-electron chi connectivity index (χ0n) is 11.1. The summed E-state index contributed by atoms with van der Waals surface area (Å²) < 4.78 is 6.22. The van der Waals surface area contributed by atoms with Crippen LogP contribution in [0.4, 0.5) is 0 Å². The van der Waals surface area contributed by atoms with E-state index in [-0.39, 0.29) is 5.91 Å². The maximum Gasteiger partial charge on any atom is 0.284 e. The predicted octanol–water partition coefficient (Wildman–Crippen LogP) is 3.57. The Hall–Kier alpha value is -0.780. The number of benzene rings is 1. The van der Waals surface area contributed by atoms with Crippen LogP contribution < -0.4 is 10.2 Å². The third kappa shape index (κ3) is 5.80. The number of nitrogens with one attached hydrogen (secondary N) is 1. The Kier molecular flexibility index (Phi) is 6.62. The molecule has 4 nitrogen and oxygen atoms in total. The van der Waals surface area contributed by atoms with Gasteiger partial charge < -0.3 is 4.74 Å². The Labute approximate surface area is 126 Å². The summed E-state index contributed by atoms with van der Waals surface area (Å²) in [6, 6.07) is 5.10. The standard InChI is InChI=1S/C13H17BrClNO3/c1-8(2)7-18-16-13(17)9(3)19-12-5-4-10(15)6-11(12)14/h4-6,8-9H,7H2,1-3H3,(H,16,17). The maximum atomic E-state index is 11.7. The number of hydrogen-bond acceptors (Lipinski definition) is 3. The molecule has 0 aromatic heterocycles. The van der Waals surface area contributed by atoms with Crippen LogP contribution in [0.3, 0.4) is 0 Å². The summed E-state index contributed by atoms with van der Waals surface area (Å²) in [5.74, 6) is 0.570. The van der Waals surface area contributed by atoms with Crippen LogP contribution in [0.25, 0.3) is 0 Å². The van der Waals surface area contributed by atoms with Crippen molar-refractivity contribution in [1.29, 1.82) is 0 Å². The molecule has 1 amide bonds. The number of hydroxylamine groups is 1. The molecule has 6 heteroatoms. The molecule has 0 aliphatic rings. The number of rotatable bonds is 6. The summed E-state index contributed by atoms with van der Waals surface area (Å²) in [5, 5.41) is 0.594. The molecule has 1 rings (SSSR count). The molecule has 1 atom stereocenters. The average Bonchev–Trinajstić information content (AvgIpc) is 2.32. The van der Waals surface area contributed by atoms with Gasteiger partial charge in [0, 0.05) is 5.02 Å². The minimum Gasteiger partial charge on any atom is -0.480 e. The summed E-state index contributed by atoms with van der Waals surface area (Å²) in [5.41, 5.74) is 2.36. The number of halogens is 2. The van der Waals surface area contributed by atoms with Crippen molar-refractivity contribution >= 4 is 33.4 Å². The van der Waals surface area contributed by atoms with Gasteiger partial charge in [-0.15, -0.1) is 0 Å². The molecule has 0 spiro atoms. The van der Waals surface area contributed by atoms with Gasteiger partial charge in [-0.3, -0.25) is 9.63 Å². The summed E-state index contributed by atoms with van der Waals surface area (Å²) in [4.78, 5) is 16.8. The van der Waals surface area contributed by atoms with Gasteiger partial charge in [0.2, 0.25) is 0 Å². The van der Waals surface area contributed by atoms with Crippen LogP contribution in [0.1, 0.15) is 20.8 Å². The fourth-order valence-corrected chi connectivity index (χ4v) is 1.95. The normalized spacial score (nSPS) is 12.3. The zero-order valence-corrected chi connectivity index (χ0v) is 13.4. The first-order chi connectivity index (χ1) is 8.90. The van der Waals surface area contributed by atoms with Gasteiger partial charge in [-0.25, -0.2) is 5.48 Å². The third-order valence-corrected chi connectivity index (χ3v) is 3.01. The van der Waals surface area contributed by atoms with E-state index >= 15 is 0 Å². The Balaban J connectivity index is 2.49. The summed E-state index contributed by atoms with van der Waals surface area (Å²) in [7, 11) is 0. The number of ether oxygens (including phenoxy) is 1. The van der Waals surface area contributed by atoms with Crippen LogP contribution in [0.15, 0.2) is 22.7 Å². The Morgan fingerprint density at radius 3 is 2.68 bits per heavy atom. The largest absolute Gasteiger partial charge is 0.480 e. The molecule has 1 N–H and O–H groups in total. The quantitative estimate of drug-likeness (QED) is 0.798. The number of carbonyl (C=O) groups is 1. The molecular weight excluding hydrogens is 334 g/mol. The molecule has 0 saturated heterocycles. The van der Waals surface area contributed by atoms with Crippen molar-refractivity contribution < 1.29 is 14.4 Å². The first kappa shape index (κ1) is 16.3. The van der Waals surface area contributed by atoms with Crippen LogP contribution in [0.2, 0.25) is 5.02 Å². The van der Waals surface area contributed by atoms with Crippen LogP contribution in [0, 0.1) is 5.92 Å². The van der Waals surface area contributed by atoms with Crippen LogP contribution in [-0.4, -0.2) is 18.6 Å². The van der Waals surface area contributed by atoms with Gasteiger partial charge in [-0.2, -0.15) is 0 Å². The van der Waals surface area contributed by atoms with Gasteiger partial charge in [0.05, 0.1) is 11.1 Å². The van der Waals surface area contributed by atoms with E-state index in [1.54, 1.807) is 25.1 Å².